The molecule has 3 aromatic rings. The maximum Gasteiger partial charge on any atom is 0.331 e. The van der Waals surface area contributed by atoms with E-state index >= 15 is 0 Å². The van der Waals surface area contributed by atoms with E-state index < -0.39 is 12.0 Å². The average molecular weight is 333 g/mol. The fourth-order valence-electron chi connectivity index (χ4n) is 2.36. The lowest BCUT2D eigenvalue weighted by atomic mass is 10.1. The molecule has 0 spiro atoms. The summed E-state index contributed by atoms with van der Waals surface area (Å²) in [4.78, 5) is 12.6. The van der Waals surface area contributed by atoms with Crippen LogP contribution < -0.4 is 0 Å². The first-order chi connectivity index (χ1) is 12.3. The highest BCUT2D eigenvalue weighted by molar-refractivity contribution is 5.74. The zero-order valence-electron chi connectivity index (χ0n) is 13.3. The molecule has 124 valence electrons. The molecular weight excluding hydrogens is 318 g/mol. The number of carbonyl (C=O) groups is 1. The molecule has 7 heteroatoms. The van der Waals surface area contributed by atoms with Gasteiger partial charge in [-0.3, -0.25) is 0 Å². The van der Waals surface area contributed by atoms with E-state index in [9.17, 15) is 4.79 Å². The first kappa shape index (κ1) is 16.3. The van der Waals surface area contributed by atoms with E-state index in [1.807, 2.05) is 36.4 Å². The highest BCUT2D eigenvalue weighted by Gasteiger charge is 2.24. The maximum atomic E-state index is 12.6. The lowest BCUT2D eigenvalue weighted by molar-refractivity contribution is -0.149. The van der Waals surface area contributed by atoms with E-state index in [2.05, 4.69) is 15.5 Å². The maximum absolute atomic E-state index is 12.6. The van der Waals surface area contributed by atoms with Crippen molar-refractivity contribution in [2.24, 2.45) is 0 Å². The Morgan fingerprint density at radius 3 is 2.52 bits per heavy atom. The number of tetrazole rings is 1. The minimum atomic E-state index is -0.643. The number of esters is 1. The van der Waals surface area contributed by atoms with Crippen LogP contribution in [0.3, 0.4) is 0 Å². The highest BCUT2D eigenvalue weighted by Crippen LogP contribution is 2.16. The van der Waals surface area contributed by atoms with Crippen molar-refractivity contribution in [3.63, 3.8) is 0 Å². The van der Waals surface area contributed by atoms with E-state index in [-0.39, 0.29) is 6.61 Å². The molecule has 0 fully saturated rings. The Bertz CT molecular complexity index is 855. The molecule has 0 radical (unpaired) electrons. The molecule has 0 N–H and O–H groups in total. The zero-order valence-corrected chi connectivity index (χ0v) is 13.3. The van der Waals surface area contributed by atoms with Crippen molar-refractivity contribution in [2.75, 3.05) is 0 Å². The molecule has 0 saturated carbocycles. The Morgan fingerprint density at radius 2 is 1.88 bits per heavy atom. The summed E-state index contributed by atoms with van der Waals surface area (Å²) >= 11 is 0. The number of rotatable bonds is 6. The smallest absolute Gasteiger partial charge is 0.331 e. The molecule has 0 amide bonds. The molecule has 0 aliphatic heterocycles. The molecule has 25 heavy (non-hydrogen) atoms. The van der Waals surface area contributed by atoms with Gasteiger partial charge in [0.2, 0.25) is 0 Å². The van der Waals surface area contributed by atoms with Crippen LogP contribution in [0.1, 0.15) is 22.7 Å². The van der Waals surface area contributed by atoms with Gasteiger partial charge in [0, 0.05) is 6.42 Å². The van der Waals surface area contributed by atoms with Gasteiger partial charge in [0.1, 0.15) is 12.9 Å². The van der Waals surface area contributed by atoms with Crippen molar-refractivity contribution in [1.82, 2.24) is 20.2 Å². The second-order valence-corrected chi connectivity index (χ2v) is 5.41. The Labute approximate surface area is 144 Å². The van der Waals surface area contributed by atoms with Gasteiger partial charge in [0.05, 0.1) is 11.6 Å². The van der Waals surface area contributed by atoms with Crippen LogP contribution in [0.25, 0.3) is 0 Å². The van der Waals surface area contributed by atoms with Crippen molar-refractivity contribution < 1.29 is 9.53 Å². The fraction of sp³-hybridized carbons (Fsp3) is 0.167. The number of hydrogen-bond acceptors (Lipinski definition) is 6. The molecule has 0 saturated heterocycles. The van der Waals surface area contributed by atoms with Crippen LogP contribution in [-0.2, 0) is 22.6 Å². The minimum absolute atomic E-state index is 0.123. The van der Waals surface area contributed by atoms with Crippen LogP contribution in [0.2, 0.25) is 0 Å². The molecule has 1 aromatic heterocycles. The molecule has 7 nitrogen and oxygen atoms in total. The van der Waals surface area contributed by atoms with Gasteiger partial charge in [-0.1, -0.05) is 42.5 Å². The summed E-state index contributed by atoms with van der Waals surface area (Å²) in [5.41, 5.74) is 2.35. The number of carbonyl (C=O) groups excluding carboxylic acids is 1. The van der Waals surface area contributed by atoms with Gasteiger partial charge in [0.15, 0.2) is 6.04 Å². The van der Waals surface area contributed by atoms with Crippen LogP contribution in [-0.4, -0.2) is 26.2 Å². The van der Waals surface area contributed by atoms with E-state index in [4.69, 9.17) is 10.00 Å². The number of hydrogen-bond donors (Lipinski definition) is 0. The molecule has 0 bridgehead atoms. The van der Waals surface area contributed by atoms with E-state index in [1.165, 1.54) is 11.0 Å². The lowest BCUT2D eigenvalue weighted by Crippen LogP contribution is -2.24. The number of ether oxygens (including phenoxy) is 1. The van der Waals surface area contributed by atoms with Crippen LogP contribution >= 0.6 is 0 Å². The summed E-state index contributed by atoms with van der Waals surface area (Å²) in [6.45, 7) is 0.123. The first-order valence-electron chi connectivity index (χ1n) is 7.68. The Kier molecular flexibility index (Phi) is 5.12. The SMILES string of the molecule is N#Cc1ccc(COC(=O)[C@@H](Cc2ccccc2)n2cnnn2)cc1. The normalized spacial score (nSPS) is 11.5. The van der Waals surface area contributed by atoms with Gasteiger partial charge in [-0.05, 0) is 33.7 Å². The molecule has 0 aliphatic carbocycles. The summed E-state index contributed by atoms with van der Waals surface area (Å²) in [7, 11) is 0. The van der Waals surface area contributed by atoms with Gasteiger partial charge in [-0.25, -0.2) is 9.48 Å². The second kappa shape index (κ2) is 7.84. The zero-order chi connectivity index (χ0) is 17.5. The van der Waals surface area contributed by atoms with E-state index in [0.717, 1.165) is 11.1 Å². The van der Waals surface area contributed by atoms with Gasteiger partial charge in [-0.2, -0.15) is 5.26 Å². The second-order valence-electron chi connectivity index (χ2n) is 5.41. The standard InChI is InChI=1S/C18H15N5O2/c19-11-15-6-8-16(9-7-15)12-25-18(24)17(23-13-20-21-22-23)10-14-4-2-1-3-5-14/h1-9,13,17H,10,12H2/t17-/m1/s1. The van der Waals surface area contributed by atoms with Crippen LogP contribution in [0, 0.1) is 11.3 Å². The fourth-order valence-corrected chi connectivity index (χ4v) is 2.36. The summed E-state index contributed by atoms with van der Waals surface area (Å²) < 4.78 is 6.82. The first-order valence-corrected chi connectivity index (χ1v) is 7.68. The van der Waals surface area contributed by atoms with Gasteiger partial charge < -0.3 is 4.74 Å². The Morgan fingerprint density at radius 1 is 1.12 bits per heavy atom. The summed E-state index contributed by atoms with van der Waals surface area (Å²) in [6.07, 6.45) is 1.83. The molecular formula is C18H15N5O2. The number of nitrogens with zero attached hydrogens (tertiary/aromatic N) is 5. The lowest BCUT2D eigenvalue weighted by Gasteiger charge is -2.15. The van der Waals surface area contributed by atoms with Crippen molar-refractivity contribution in [1.29, 1.82) is 5.26 Å². The number of nitriles is 1. The van der Waals surface area contributed by atoms with Gasteiger partial charge in [-0.15, -0.1) is 5.10 Å². The Balaban J connectivity index is 1.69. The topological polar surface area (TPSA) is 93.7 Å². The highest BCUT2D eigenvalue weighted by atomic mass is 16.5. The molecule has 0 unspecified atom stereocenters. The third-order valence-corrected chi connectivity index (χ3v) is 3.69. The third kappa shape index (κ3) is 4.26. The van der Waals surface area contributed by atoms with Gasteiger partial charge >= 0.3 is 5.97 Å². The molecule has 1 atom stereocenters. The van der Waals surface area contributed by atoms with E-state index in [1.54, 1.807) is 24.3 Å². The summed E-state index contributed by atoms with van der Waals surface area (Å²) in [6, 6.07) is 17.9. The molecule has 1 heterocycles. The minimum Gasteiger partial charge on any atom is -0.459 e. The number of benzene rings is 2. The summed E-state index contributed by atoms with van der Waals surface area (Å²) in [5.74, 6) is -0.416. The Hall–Kier alpha value is -3.53. The van der Waals surface area contributed by atoms with Crippen LogP contribution in [0.15, 0.2) is 60.9 Å². The largest absolute Gasteiger partial charge is 0.459 e. The van der Waals surface area contributed by atoms with Crippen molar-refractivity contribution in [3.8, 4) is 6.07 Å². The van der Waals surface area contributed by atoms with Crippen molar-refractivity contribution in [2.45, 2.75) is 19.1 Å². The van der Waals surface area contributed by atoms with Crippen LogP contribution in [0.4, 0.5) is 0 Å². The molecule has 0 aliphatic rings. The monoisotopic (exact) mass is 333 g/mol. The molecule has 2 aromatic carbocycles. The van der Waals surface area contributed by atoms with Crippen LogP contribution in [0.5, 0.6) is 0 Å². The van der Waals surface area contributed by atoms with E-state index in [0.29, 0.717) is 12.0 Å². The predicted octanol–water partition coefficient (Wildman–Crippen LogP) is 2.07. The van der Waals surface area contributed by atoms with Gasteiger partial charge in [0.25, 0.3) is 0 Å². The third-order valence-electron chi connectivity index (χ3n) is 3.69. The van der Waals surface area contributed by atoms with Crippen molar-refractivity contribution in [3.05, 3.63) is 77.6 Å². The number of aromatic nitrogens is 4. The predicted molar refractivity (Wildman–Crippen MR) is 88.0 cm³/mol. The summed E-state index contributed by atoms with van der Waals surface area (Å²) in [5, 5.41) is 19.8. The molecule has 3 rings (SSSR count). The quantitative estimate of drug-likeness (QED) is 0.641. The average Bonchev–Trinajstić information content (AvgIpc) is 3.20. The van der Waals surface area contributed by atoms with Crippen molar-refractivity contribution >= 4 is 5.97 Å².